The topological polar surface area (TPSA) is 99.8 Å². The van der Waals surface area contributed by atoms with Gasteiger partial charge in [0, 0.05) is 32.2 Å². The number of aliphatic imine (C=N–C) groups is 1. The number of nitrogens with zero attached hydrogens (tertiary/aromatic N) is 3. The number of guanidine groups is 1. The van der Waals surface area contributed by atoms with Crippen molar-refractivity contribution in [2.24, 2.45) is 4.99 Å². The number of rotatable bonds is 10. The van der Waals surface area contributed by atoms with Crippen LogP contribution in [0.15, 0.2) is 15.6 Å². The lowest BCUT2D eigenvalue weighted by Crippen LogP contribution is -2.39. The fourth-order valence-corrected chi connectivity index (χ4v) is 3.12. The third kappa shape index (κ3) is 9.17. The predicted molar refractivity (Wildman–Crippen MR) is 116 cm³/mol. The highest BCUT2D eigenvalue weighted by Crippen LogP contribution is 2.14. The molecule has 0 aliphatic rings. The van der Waals surface area contributed by atoms with Crippen molar-refractivity contribution in [2.45, 2.75) is 46.6 Å². The SMILES string of the molecule is CCNC(=NCc1cc(C(C)C)no1)NCCCN(CC)S(C)(=O)=O.I. The third-order valence-electron chi connectivity index (χ3n) is 3.60. The smallest absolute Gasteiger partial charge is 0.211 e. The van der Waals surface area contributed by atoms with Crippen molar-refractivity contribution in [3.63, 3.8) is 0 Å². The van der Waals surface area contributed by atoms with E-state index in [1.807, 2.05) is 19.9 Å². The Kier molecular flexibility index (Phi) is 12.1. The maximum atomic E-state index is 11.6. The van der Waals surface area contributed by atoms with Crippen molar-refractivity contribution in [1.29, 1.82) is 0 Å². The molecule has 0 aromatic carbocycles. The Morgan fingerprint density at radius 1 is 1.35 bits per heavy atom. The van der Waals surface area contributed by atoms with Gasteiger partial charge in [-0.05, 0) is 19.3 Å². The minimum Gasteiger partial charge on any atom is -0.359 e. The molecule has 0 unspecified atom stereocenters. The molecule has 0 aliphatic carbocycles. The van der Waals surface area contributed by atoms with Gasteiger partial charge in [0.15, 0.2) is 11.7 Å². The van der Waals surface area contributed by atoms with E-state index in [1.165, 1.54) is 10.6 Å². The molecule has 1 aromatic rings. The van der Waals surface area contributed by atoms with E-state index in [2.05, 4.69) is 34.6 Å². The largest absolute Gasteiger partial charge is 0.359 e. The second-order valence-corrected chi connectivity index (χ2v) is 8.09. The van der Waals surface area contributed by atoms with Crippen LogP contribution in [0.1, 0.15) is 51.5 Å². The Bertz CT molecular complexity index is 646. The van der Waals surface area contributed by atoms with Crippen LogP contribution < -0.4 is 10.6 Å². The molecule has 0 aliphatic heterocycles. The highest BCUT2D eigenvalue weighted by Gasteiger charge is 2.13. The summed E-state index contributed by atoms with van der Waals surface area (Å²) in [5.41, 5.74) is 0.920. The van der Waals surface area contributed by atoms with Crippen molar-refractivity contribution in [3.05, 3.63) is 17.5 Å². The molecule has 152 valence electrons. The molecule has 0 bridgehead atoms. The molecule has 8 nitrogen and oxygen atoms in total. The maximum absolute atomic E-state index is 11.6. The molecule has 0 fully saturated rings. The van der Waals surface area contributed by atoms with E-state index < -0.39 is 10.0 Å². The first kappa shape index (κ1) is 25.1. The van der Waals surface area contributed by atoms with Crippen molar-refractivity contribution in [1.82, 2.24) is 20.1 Å². The van der Waals surface area contributed by atoms with Gasteiger partial charge in [-0.3, -0.25) is 0 Å². The van der Waals surface area contributed by atoms with Crippen molar-refractivity contribution in [2.75, 3.05) is 32.4 Å². The first-order chi connectivity index (χ1) is 11.8. The molecule has 2 N–H and O–H groups in total. The molecule has 0 saturated carbocycles. The Morgan fingerprint density at radius 3 is 2.54 bits per heavy atom. The molecule has 26 heavy (non-hydrogen) atoms. The molecule has 1 aromatic heterocycles. The first-order valence-electron chi connectivity index (χ1n) is 8.70. The van der Waals surface area contributed by atoms with Gasteiger partial charge in [0.1, 0.15) is 6.54 Å². The molecular weight excluding hydrogens is 469 g/mol. The number of hydrogen-bond donors (Lipinski definition) is 2. The van der Waals surface area contributed by atoms with E-state index in [9.17, 15) is 8.42 Å². The van der Waals surface area contributed by atoms with Crippen molar-refractivity contribution < 1.29 is 12.9 Å². The molecule has 1 rings (SSSR count). The lowest BCUT2D eigenvalue weighted by molar-refractivity contribution is 0.376. The molecule has 0 atom stereocenters. The van der Waals surface area contributed by atoms with Gasteiger partial charge in [-0.1, -0.05) is 25.9 Å². The summed E-state index contributed by atoms with van der Waals surface area (Å²) >= 11 is 0. The molecule has 0 spiro atoms. The second kappa shape index (κ2) is 12.5. The van der Waals surface area contributed by atoms with E-state index in [4.69, 9.17) is 4.52 Å². The van der Waals surface area contributed by atoms with Crippen LogP contribution in [0.25, 0.3) is 0 Å². The minimum atomic E-state index is -3.14. The maximum Gasteiger partial charge on any atom is 0.211 e. The Hall–Kier alpha value is -0.880. The van der Waals surface area contributed by atoms with Crippen LogP contribution >= 0.6 is 24.0 Å². The Labute approximate surface area is 174 Å². The van der Waals surface area contributed by atoms with Crippen LogP contribution in [0.5, 0.6) is 0 Å². The summed E-state index contributed by atoms with van der Waals surface area (Å²) < 4.78 is 29.8. The molecule has 0 saturated heterocycles. The summed E-state index contributed by atoms with van der Waals surface area (Å²) in [5.74, 6) is 1.71. The standard InChI is InChI=1S/C16H31N5O3S.HI/c1-6-17-16(18-9-8-10-21(7-2)25(5,22)23)19-12-14-11-15(13(3)4)20-24-14;/h11,13H,6-10,12H2,1-5H3,(H2,17,18,19);1H. The fourth-order valence-electron chi connectivity index (χ4n) is 2.19. The predicted octanol–water partition coefficient (Wildman–Crippen LogP) is 2.14. The first-order valence-corrected chi connectivity index (χ1v) is 10.6. The summed E-state index contributed by atoms with van der Waals surface area (Å²) in [6.07, 6.45) is 1.93. The zero-order valence-corrected chi connectivity index (χ0v) is 19.4. The number of halogens is 1. The lowest BCUT2D eigenvalue weighted by atomic mass is 10.1. The van der Waals surface area contributed by atoms with E-state index in [0.717, 1.165) is 18.0 Å². The van der Waals surface area contributed by atoms with E-state index in [-0.39, 0.29) is 24.0 Å². The molecule has 10 heteroatoms. The summed E-state index contributed by atoms with van der Waals surface area (Å²) in [6, 6.07) is 1.92. The number of sulfonamides is 1. The quantitative estimate of drug-likeness (QED) is 0.221. The number of nitrogens with one attached hydrogen (secondary N) is 2. The van der Waals surface area contributed by atoms with Gasteiger partial charge in [-0.2, -0.15) is 0 Å². The summed E-state index contributed by atoms with van der Waals surface area (Å²) in [4.78, 5) is 4.47. The third-order valence-corrected chi connectivity index (χ3v) is 4.98. The number of hydrogen-bond acceptors (Lipinski definition) is 5. The molecule has 0 radical (unpaired) electrons. The zero-order valence-electron chi connectivity index (χ0n) is 16.3. The normalized spacial score (nSPS) is 12.3. The summed E-state index contributed by atoms with van der Waals surface area (Å²) in [7, 11) is -3.14. The van der Waals surface area contributed by atoms with Gasteiger partial charge in [0.05, 0.1) is 11.9 Å². The summed E-state index contributed by atoms with van der Waals surface area (Å²) in [6.45, 7) is 10.7. The van der Waals surface area contributed by atoms with E-state index in [0.29, 0.717) is 44.5 Å². The van der Waals surface area contributed by atoms with E-state index >= 15 is 0 Å². The Balaban J connectivity index is 0.00000625. The van der Waals surface area contributed by atoms with Crippen LogP contribution in [-0.4, -0.2) is 56.3 Å². The molecule has 1 heterocycles. The van der Waals surface area contributed by atoms with Crippen LogP contribution in [0.3, 0.4) is 0 Å². The average Bonchev–Trinajstić information content (AvgIpc) is 3.00. The van der Waals surface area contributed by atoms with Gasteiger partial charge in [-0.25, -0.2) is 17.7 Å². The summed E-state index contributed by atoms with van der Waals surface area (Å²) in [5, 5.41) is 10.4. The van der Waals surface area contributed by atoms with E-state index in [1.54, 1.807) is 0 Å². The second-order valence-electron chi connectivity index (χ2n) is 6.10. The monoisotopic (exact) mass is 501 g/mol. The zero-order chi connectivity index (χ0) is 18.9. The Morgan fingerprint density at radius 2 is 2.04 bits per heavy atom. The van der Waals surface area contributed by atoms with Gasteiger partial charge < -0.3 is 15.2 Å². The van der Waals surface area contributed by atoms with Crippen molar-refractivity contribution >= 4 is 40.0 Å². The minimum absolute atomic E-state index is 0. The van der Waals surface area contributed by atoms with Crippen molar-refractivity contribution in [3.8, 4) is 0 Å². The van der Waals surface area contributed by atoms with Crippen LogP contribution in [0, 0.1) is 0 Å². The van der Waals surface area contributed by atoms with Crippen LogP contribution in [-0.2, 0) is 16.6 Å². The van der Waals surface area contributed by atoms with Crippen LogP contribution in [0.4, 0.5) is 0 Å². The van der Waals surface area contributed by atoms with Gasteiger partial charge in [0.2, 0.25) is 10.0 Å². The van der Waals surface area contributed by atoms with Gasteiger partial charge >= 0.3 is 0 Å². The highest BCUT2D eigenvalue weighted by molar-refractivity contribution is 14.0. The van der Waals surface area contributed by atoms with Gasteiger partial charge in [0.25, 0.3) is 0 Å². The van der Waals surface area contributed by atoms with Crippen LogP contribution in [0.2, 0.25) is 0 Å². The molecule has 0 amide bonds. The highest BCUT2D eigenvalue weighted by atomic mass is 127. The number of aromatic nitrogens is 1. The lowest BCUT2D eigenvalue weighted by Gasteiger charge is -2.18. The van der Waals surface area contributed by atoms with Gasteiger partial charge in [-0.15, -0.1) is 24.0 Å². The average molecular weight is 501 g/mol. The fraction of sp³-hybridized carbons (Fsp3) is 0.750. The molecular formula is C16H32IN5O3S.